The lowest BCUT2D eigenvalue weighted by Gasteiger charge is -2.54. The first-order chi connectivity index (χ1) is 8.87. The third-order valence-electron chi connectivity index (χ3n) is 5.04. The van der Waals surface area contributed by atoms with Gasteiger partial charge in [-0.2, -0.15) is 0 Å². The van der Waals surface area contributed by atoms with Crippen molar-refractivity contribution in [3.63, 3.8) is 0 Å². The van der Waals surface area contributed by atoms with Crippen LogP contribution in [0.2, 0.25) is 0 Å². The SMILES string of the molecule is CCC1(CC)CC(C(=O)O)(c2cc(C)cc(C)c2)C1. The maximum absolute atomic E-state index is 11.8. The molecule has 0 radical (unpaired) electrons. The summed E-state index contributed by atoms with van der Waals surface area (Å²) in [4.78, 5) is 11.8. The van der Waals surface area contributed by atoms with Gasteiger partial charge in [-0.15, -0.1) is 0 Å². The minimum Gasteiger partial charge on any atom is -0.481 e. The number of rotatable bonds is 4. The van der Waals surface area contributed by atoms with E-state index in [-0.39, 0.29) is 5.41 Å². The Morgan fingerprint density at radius 1 is 1.11 bits per heavy atom. The van der Waals surface area contributed by atoms with Crippen molar-refractivity contribution in [3.05, 3.63) is 34.9 Å². The summed E-state index contributed by atoms with van der Waals surface area (Å²) in [5.41, 5.74) is 2.89. The molecular formula is C17H24O2. The van der Waals surface area contributed by atoms with Crippen LogP contribution >= 0.6 is 0 Å². The second-order valence-electron chi connectivity index (χ2n) is 6.32. The fourth-order valence-corrected chi connectivity index (χ4v) is 3.71. The Morgan fingerprint density at radius 2 is 1.58 bits per heavy atom. The minimum atomic E-state index is -0.657. The molecule has 104 valence electrons. The van der Waals surface area contributed by atoms with Gasteiger partial charge in [-0.25, -0.2) is 0 Å². The van der Waals surface area contributed by atoms with Crippen LogP contribution in [0.1, 0.15) is 56.2 Å². The lowest BCUT2D eigenvalue weighted by atomic mass is 9.48. The van der Waals surface area contributed by atoms with Crippen molar-refractivity contribution in [2.75, 3.05) is 0 Å². The van der Waals surface area contributed by atoms with Gasteiger partial charge in [-0.1, -0.05) is 56.0 Å². The van der Waals surface area contributed by atoms with Crippen LogP contribution in [0, 0.1) is 19.3 Å². The Morgan fingerprint density at radius 3 is 1.95 bits per heavy atom. The number of hydrogen-bond acceptors (Lipinski definition) is 1. The van der Waals surface area contributed by atoms with E-state index < -0.39 is 11.4 Å². The number of carboxylic acid groups (broad SMARTS) is 1. The van der Waals surface area contributed by atoms with Gasteiger partial charge in [0.1, 0.15) is 0 Å². The zero-order valence-electron chi connectivity index (χ0n) is 12.4. The Balaban J connectivity index is 2.41. The molecule has 1 aliphatic carbocycles. The van der Waals surface area contributed by atoms with Crippen molar-refractivity contribution in [2.45, 2.75) is 58.8 Å². The fourth-order valence-electron chi connectivity index (χ4n) is 3.71. The minimum absolute atomic E-state index is 0.232. The molecule has 1 aliphatic rings. The molecule has 0 aliphatic heterocycles. The van der Waals surface area contributed by atoms with E-state index in [1.54, 1.807) is 0 Å². The Hall–Kier alpha value is -1.31. The Bertz CT molecular complexity index is 470. The average molecular weight is 260 g/mol. The zero-order valence-corrected chi connectivity index (χ0v) is 12.4. The van der Waals surface area contributed by atoms with Gasteiger partial charge in [-0.3, -0.25) is 4.79 Å². The molecule has 0 bridgehead atoms. The van der Waals surface area contributed by atoms with Crippen molar-refractivity contribution >= 4 is 5.97 Å². The summed E-state index contributed by atoms with van der Waals surface area (Å²) in [6.07, 6.45) is 3.71. The molecule has 1 fully saturated rings. The summed E-state index contributed by atoms with van der Waals surface area (Å²) >= 11 is 0. The second-order valence-corrected chi connectivity index (χ2v) is 6.32. The molecule has 1 N–H and O–H groups in total. The van der Waals surface area contributed by atoms with Crippen LogP contribution in [0.5, 0.6) is 0 Å². The highest BCUT2D eigenvalue weighted by Gasteiger charge is 2.58. The first-order valence-electron chi connectivity index (χ1n) is 7.20. The molecule has 2 nitrogen and oxygen atoms in total. The molecule has 1 saturated carbocycles. The smallest absolute Gasteiger partial charge is 0.314 e. The number of aryl methyl sites for hydroxylation is 2. The van der Waals surface area contributed by atoms with E-state index in [1.165, 1.54) is 0 Å². The second kappa shape index (κ2) is 4.66. The van der Waals surface area contributed by atoms with E-state index in [0.29, 0.717) is 0 Å². The Kier molecular flexibility index (Phi) is 3.46. The van der Waals surface area contributed by atoms with Crippen LogP contribution in [-0.4, -0.2) is 11.1 Å². The van der Waals surface area contributed by atoms with Gasteiger partial charge in [-0.05, 0) is 37.7 Å². The largest absolute Gasteiger partial charge is 0.481 e. The van der Waals surface area contributed by atoms with E-state index in [4.69, 9.17) is 0 Å². The third-order valence-corrected chi connectivity index (χ3v) is 5.04. The topological polar surface area (TPSA) is 37.3 Å². The van der Waals surface area contributed by atoms with Crippen molar-refractivity contribution in [1.29, 1.82) is 0 Å². The summed E-state index contributed by atoms with van der Waals surface area (Å²) in [6, 6.07) is 6.21. The molecule has 1 aromatic carbocycles. The van der Waals surface area contributed by atoms with Gasteiger partial charge < -0.3 is 5.11 Å². The number of carboxylic acids is 1. The predicted molar refractivity (Wildman–Crippen MR) is 77.5 cm³/mol. The van der Waals surface area contributed by atoms with Crippen molar-refractivity contribution < 1.29 is 9.90 Å². The predicted octanol–water partition coefficient (Wildman–Crippen LogP) is 4.23. The standard InChI is InChI=1S/C17H24O2/c1-5-16(6-2)10-17(11-16,15(18)19)14-8-12(3)7-13(4)9-14/h7-9H,5-6,10-11H2,1-4H3,(H,18,19). The van der Waals surface area contributed by atoms with Crippen LogP contribution in [0.25, 0.3) is 0 Å². The first kappa shape index (κ1) is 14.1. The van der Waals surface area contributed by atoms with Crippen LogP contribution in [0.4, 0.5) is 0 Å². The summed E-state index contributed by atoms with van der Waals surface area (Å²) in [5, 5.41) is 9.74. The molecule has 0 saturated heterocycles. The van der Waals surface area contributed by atoms with Crippen LogP contribution < -0.4 is 0 Å². The van der Waals surface area contributed by atoms with Crippen LogP contribution in [-0.2, 0) is 10.2 Å². The molecule has 0 aromatic heterocycles. The zero-order chi connectivity index (χ0) is 14.3. The number of aliphatic carboxylic acids is 1. The molecule has 0 spiro atoms. The van der Waals surface area contributed by atoms with E-state index >= 15 is 0 Å². The number of carbonyl (C=O) groups is 1. The van der Waals surface area contributed by atoms with Crippen molar-refractivity contribution in [1.82, 2.24) is 0 Å². The average Bonchev–Trinajstić information content (AvgIpc) is 2.27. The highest BCUT2D eigenvalue weighted by Crippen LogP contribution is 2.59. The molecule has 0 unspecified atom stereocenters. The maximum atomic E-state index is 11.8. The van der Waals surface area contributed by atoms with E-state index in [2.05, 4.69) is 32.0 Å². The Labute approximate surface area is 115 Å². The maximum Gasteiger partial charge on any atom is 0.314 e. The normalized spacial score (nSPS) is 19.8. The van der Waals surface area contributed by atoms with Gasteiger partial charge in [0.25, 0.3) is 0 Å². The summed E-state index contributed by atoms with van der Waals surface area (Å²) in [5.74, 6) is -0.657. The lowest BCUT2D eigenvalue weighted by molar-refractivity contribution is -0.155. The quantitative estimate of drug-likeness (QED) is 0.879. The van der Waals surface area contributed by atoms with E-state index in [9.17, 15) is 9.90 Å². The highest BCUT2D eigenvalue weighted by atomic mass is 16.4. The molecule has 1 aromatic rings. The van der Waals surface area contributed by atoms with Crippen LogP contribution in [0.3, 0.4) is 0 Å². The molecule has 2 rings (SSSR count). The van der Waals surface area contributed by atoms with Gasteiger partial charge in [0.2, 0.25) is 0 Å². The highest BCUT2D eigenvalue weighted by molar-refractivity contribution is 5.83. The monoisotopic (exact) mass is 260 g/mol. The molecular weight excluding hydrogens is 236 g/mol. The third kappa shape index (κ3) is 2.18. The number of hydrogen-bond donors (Lipinski definition) is 1. The lowest BCUT2D eigenvalue weighted by Crippen LogP contribution is -2.54. The molecule has 19 heavy (non-hydrogen) atoms. The van der Waals surface area contributed by atoms with Gasteiger partial charge in [0.05, 0.1) is 5.41 Å². The van der Waals surface area contributed by atoms with Gasteiger partial charge in [0, 0.05) is 0 Å². The van der Waals surface area contributed by atoms with Crippen LogP contribution in [0.15, 0.2) is 18.2 Å². The van der Waals surface area contributed by atoms with Crippen molar-refractivity contribution in [2.24, 2.45) is 5.41 Å². The fraction of sp³-hybridized carbons (Fsp3) is 0.588. The van der Waals surface area contributed by atoms with Gasteiger partial charge >= 0.3 is 5.97 Å². The number of benzene rings is 1. The molecule has 0 amide bonds. The first-order valence-corrected chi connectivity index (χ1v) is 7.20. The summed E-state index contributed by atoms with van der Waals surface area (Å²) in [7, 11) is 0. The molecule has 0 atom stereocenters. The summed E-state index contributed by atoms with van der Waals surface area (Å²) < 4.78 is 0. The van der Waals surface area contributed by atoms with Crippen molar-refractivity contribution in [3.8, 4) is 0 Å². The van der Waals surface area contributed by atoms with E-state index in [0.717, 1.165) is 42.4 Å². The molecule has 0 heterocycles. The molecule has 2 heteroatoms. The summed E-state index contributed by atoms with van der Waals surface area (Å²) in [6.45, 7) is 8.43. The van der Waals surface area contributed by atoms with Gasteiger partial charge in [0.15, 0.2) is 0 Å². The van der Waals surface area contributed by atoms with E-state index in [1.807, 2.05) is 13.8 Å².